The van der Waals surface area contributed by atoms with Crippen LogP contribution < -0.4 is 29.1 Å². The summed E-state index contributed by atoms with van der Waals surface area (Å²) in [6.07, 6.45) is 1.66. The molecule has 5 rings (SSSR count). The zero-order valence-corrected chi connectivity index (χ0v) is 27.2. The zero-order chi connectivity index (χ0) is 32.8. The van der Waals surface area contributed by atoms with Gasteiger partial charge in [-0.1, -0.05) is 47.7 Å². The Balaban J connectivity index is 1.56. The summed E-state index contributed by atoms with van der Waals surface area (Å²) in [5.41, 5.74) is 3.39. The van der Waals surface area contributed by atoms with E-state index in [2.05, 4.69) is 11.1 Å². The van der Waals surface area contributed by atoms with Crippen molar-refractivity contribution in [2.45, 2.75) is 53.4 Å². The van der Waals surface area contributed by atoms with E-state index in [1.807, 2.05) is 75.4 Å². The Hall–Kier alpha value is -5.14. The van der Waals surface area contributed by atoms with Gasteiger partial charge in [-0.15, -0.1) is 0 Å². The molecule has 0 fully saturated rings. The van der Waals surface area contributed by atoms with Gasteiger partial charge in [-0.3, -0.25) is 9.36 Å². The number of fused-ring (bicyclic) bond motifs is 1. The molecular weight excluding hydrogens is 602 g/mol. The lowest BCUT2D eigenvalue weighted by molar-refractivity contribution is -0.139. The average Bonchev–Trinajstić information content (AvgIpc) is 3.34. The number of esters is 1. The minimum absolute atomic E-state index is 0.122. The molecule has 0 saturated carbocycles. The summed E-state index contributed by atoms with van der Waals surface area (Å²) in [7, 11) is 0. The van der Waals surface area contributed by atoms with Crippen molar-refractivity contribution >= 4 is 23.4 Å². The highest BCUT2D eigenvalue weighted by Crippen LogP contribution is 2.36. The Labute approximate surface area is 271 Å². The number of ether oxygens (including phenoxy) is 4. The second-order valence-electron chi connectivity index (χ2n) is 10.7. The molecule has 0 aliphatic carbocycles. The Morgan fingerprint density at radius 3 is 2.48 bits per heavy atom. The number of thiazole rings is 1. The summed E-state index contributed by atoms with van der Waals surface area (Å²) >= 11 is 1.25. The van der Waals surface area contributed by atoms with E-state index in [9.17, 15) is 9.59 Å². The molecule has 1 atom stereocenters. The molecule has 1 aliphatic rings. The molecule has 0 saturated heterocycles. The van der Waals surface area contributed by atoms with Crippen LogP contribution in [0.5, 0.6) is 17.2 Å². The monoisotopic (exact) mass is 637 g/mol. The maximum Gasteiger partial charge on any atom is 0.338 e. The van der Waals surface area contributed by atoms with Gasteiger partial charge in [0.15, 0.2) is 16.3 Å². The molecule has 3 aromatic carbocycles. The average molecular weight is 638 g/mol. The van der Waals surface area contributed by atoms with Gasteiger partial charge in [-0.25, -0.2) is 9.79 Å². The van der Waals surface area contributed by atoms with E-state index in [-0.39, 0.29) is 18.3 Å². The third-order valence-corrected chi connectivity index (χ3v) is 8.12. The summed E-state index contributed by atoms with van der Waals surface area (Å²) < 4.78 is 25.5. The number of carbonyl (C=O) groups excluding carboxylic acids is 1. The predicted molar refractivity (Wildman–Crippen MR) is 176 cm³/mol. The van der Waals surface area contributed by atoms with Gasteiger partial charge in [0, 0.05) is 5.56 Å². The quantitative estimate of drug-likeness (QED) is 0.202. The number of carbonyl (C=O) groups is 1. The fourth-order valence-corrected chi connectivity index (χ4v) is 6.19. The molecule has 1 aliphatic heterocycles. The van der Waals surface area contributed by atoms with E-state index in [0.29, 0.717) is 62.2 Å². The number of nitriles is 1. The second-order valence-corrected chi connectivity index (χ2v) is 11.8. The van der Waals surface area contributed by atoms with Crippen LogP contribution in [-0.2, 0) is 16.1 Å². The van der Waals surface area contributed by atoms with E-state index in [1.165, 1.54) is 11.3 Å². The van der Waals surface area contributed by atoms with Crippen molar-refractivity contribution < 1.29 is 23.7 Å². The lowest BCUT2D eigenvalue weighted by Crippen LogP contribution is -2.40. The summed E-state index contributed by atoms with van der Waals surface area (Å²) in [5, 5.41) is 9.05. The lowest BCUT2D eigenvalue weighted by Gasteiger charge is -2.26. The number of aromatic nitrogens is 1. The van der Waals surface area contributed by atoms with Gasteiger partial charge in [0.25, 0.3) is 5.56 Å². The largest absolute Gasteiger partial charge is 0.491 e. The van der Waals surface area contributed by atoms with Gasteiger partial charge in [-0.05, 0) is 82.2 Å². The summed E-state index contributed by atoms with van der Waals surface area (Å²) in [6.45, 7) is 10.2. The maximum absolute atomic E-state index is 14.1. The van der Waals surface area contributed by atoms with Crippen molar-refractivity contribution in [1.29, 1.82) is 5.26 Å². The minimum Gasteiger partial charge on any atom is -0.491 e. The van der Waals surface area contributed by atoms with E-state index >= 15 is 0 Å². The van der Waals surface area contributed by atoms with Crippen LogP contribution in [0.15, 0.2) is 87.8 Å². The van der Waals surface area contributed by atoms with Gasteiger partial charge in [-0.2, -0.15) is 5.26 Å². The van der Waals surface area contributed by atoms with Crippen molar-refractivity contribution in [3.05, 3.63) is 120 Å². The van der Waals surface area contributed by atoms with Crippen LogP contribution in [-0.4, -0.2) is 29.9 Å². The van der Waals surface area contributed by atoms with Crippen LogP contribution in [0.1, 0.15) is 62.9 Å². The fraction of sp³-hybridized carbons (Fsp3) is 0.278. The predicted octanol–water partition coefficient (Wildman–Crippen LogP) is 5.43. The molecule has 9 nitrogen and oxygen atoms in total. The molecule has 236 valence electrons. The molecule has 0 bridgehead atoms. The fourth-order valence-electron chi connectivity index (χ4n) is 5.14. The molecule has 0 N–H and O–H groups in total. The van der Waals surface area contributed by atoms with Gasteiger partial charge in [0.2, 0.25) is 0 Å². The van der Waals surface area contributed by atoms with Crippen molar-refractivity contribution in [2.24, 2.45) is 4.99 Å². The van der Waals surface area contributed by atoms with Crippen molar-refractivity contribution in [2.75, 3.05) is 13.2 Å². The van der Waals surface area contributed by atoms with E-state index in [4.69, 9.17) is 24.2 Å². The van der Waals surface area contributed by atoms with Crippen LogP contribution in [0.2, 0.25) is 0 Å². The topological polar surface area (TPSA) is 112 Å². The number of hydrogen-bond donors (Lipinski definition) is 0. The second kappa shape index (κ2) is 14.3. The molecule has 10 heteroatoms. The van der Waals surface area contributed by atoms with Gasteiger partial charge in [0.05, 0.1) is 46.8 Å². The smallest absolute Gasteiger partial charge is 0.338 e. The first-order valence-corrected chi connectivity index (χ1v) is 15.9. The third-order valence-electron chi connectivity index (χ3n) is 7.14. The molecule has 0 spiro atoms. The first-order valence-electron chi connectivity index (χ1n) is 15.1. The van der Waals surface area contributed by atoms with E-state index in [1.54, 1.807) is 36.6 Å². The Morgan fingerprint density at radius 1 is 1.02 bits per heavy atom. The van der Waals surface area contributed by atoms with Gasteiger partial charge in [0.1, 0.15) is 18.4 Å². The lowest BCUT2D eigenvalue weighted by atomic mass is 9.95. The Morgan fingerprint density at radius 2 is 1.78 bits per heavy atom. The number of hydrogen-bond acceptors (Lipinski definition) is 9. The SMILES string of the molecule is CCOC(=O)C1=C(C)N=c2s/c(=C\c3ccc(OCc4ccc(C#N)cc4)c(OCC)c3)c(=O)n2[C@@H]1c1ccccc1OC(C)C. The standard InChI is InChI=1S/C36H35N3O6S/c1-6-42-30-18-26(16-17-29(30)44-21-25-14-12-24(20-37)13-15-25)19-31-34(40)39-33(27-10-8-9-11-28(27)45-22(3)4)32(35(41)43-7-2)23(5)38-36(39)46-31/h8-19,22,33H,6-7,21H2,1-5H3/b31-19-/t33-/m1/s1. The number of nitrogens with zero attached hydrogens (tertiary/aromatic N) is 3. The van der Waals surface area contributed by atoms with E-state index in [0.717, 1.165) is 11.1 Å². The number of para-hydroxylation sites is 1. The van der Waals surface area contributed by atoms with Gasteiger partial charge < -0.3 is 18.9 Å². The van der Waals surface area contributed by atoms with Crippen LogP contribution >= 0.6 is 11.3 Å². The summed E-state index contributed by atoms with van der Waals surface area (Å²) in [5.74, 6) is 1.14. The normalized spacial score (nSPS) is 14.4. The molecule has 4 aromatic rings. The molecule has 1 aromatic heterocycles. The first kappa shape index (κ1) is 32.3. The molecular formula is C36H35N3O6S. The summed E-state index contributed by atoms with van der Waals surface area (Å²) in [4.78, 5) is 32.6. The number of rotatable bonds is 11. The Kier molecular flexibility index (Phi) is 10.0. The number of benzene rings is 3. The van der Waals surface area contributed by atoms with Crippen LogP contribution in [0.3, 0.4) is 0 Å². The van der Waals surface area contributed by atoms with Crippen LogP contribution in [0, 0.1) is 11.3 Å². The maximum atomic E-state index is 14.1. The van der Waals surface area contributed by atoms with Crippen LogP contribution in [0.25, 0.3) is 6.08 Å². The van der Waals surface area contributed by atoms with Gasteiger partial charge >= 0.3 is 5.97 Å². The van der Waals surface area contributed by atoms with Crippen molar-refractivity contribution in [3.63, 3.8) is 0 Å². The molecule has 0 radical (unpaired) electrons. The molecule has 0 unspecified atom stereocenters. The highest BCUT2D eigenvalue weighted by molar-refractivity contribution is 7.07. The highest BCUT2D eigenvalue weighted by Gasteiger charge is 2.35. The van der Waals surface area contributed by atoms with Crippen LogP contribution in [0.4, 0.5) is 0 Å². The minimum atomic E-state index is -0.788. The molecule has 0 amide bonds. The molecule has 46 heavy (non-hydrogen) atoms. The zero-order valence-electron chi connectivity index (χ0n) is 26.4. The molecule has 2 heterocycles. The van der Waals surface area contributed by atoms with Crippen molar-refractivity contribution in [3.8, 4) is 23.3 Å². The Bertz CT molecular complexity index is 2000. The highest BCUT2D eigenvalue weighted by atomic mass is 32.1. The van der Waals surface area contributed by atoms with E-state index < -0.39 is 12.0 Å². The summed E-state index contributed by atoms with van der Waals surface area (Å²) in [6, 6.07) is 21.4. The first-order chi connectivity index (χ1) is 22.2. The van der Waals surface area contributed by atoms with Crippen molar-refractivity contribution in [1.82, 2.24) is 4.57 Å². The number of allylic oxidation sites excluding steroid dienone is 1. The third kappa shape index (κ3) is 6.90.